The number of piperazine rings is 1. The standard InChI is InChI=1S/C23H22ClFN2O2S/c24-20-8-6-19(7-9-20)23(18-4-2-1-3-5-18)26-14-16-27(17-15-26)30(28,29)22-12-10-21(25)11-13-22/h1-13,23H,14-17H2. The number of nitrogens with zero attached hydrogens (tertiary/aromatic N) is 2. The molecule has 0 aliphatic carbocycles. The summed E-state index contributed by atoms with van der Waals surface area (Å²) in [6.45, 7) is 1.92. The second-order valence-corrected chi connectivity index (χ2v) is 9.63. The topological polar surface area (TPSA) is 40.6 Å². The van der Waals surface area contributed by atoms with Crippen molar-refractivity contribution in [3.63, 3.8) is 0 Å². The number of rotatable bonds is 5. The summed E-state index contributed by atoms with van der Waals surface area (Å²) < 4.78 is 40.5. The van der Waals surface area contributed by atoms with Crippen LogP contribution in [0.3, 0.4) is 0 Å². The number of halogens is 2. The lowest BCUT2D eigenvalue weighted by Crippen LogP contribution is -2.49. The highest BCUT2D eigenvalue weighted by molar-refractivity contribution is 7.89. The zero-order chi connectivity index (χ0) is 21.1. The van der Waals surface area contributed by atoms with Crippen molar-refractivity contribution in [2.45, 2.75) is 10.9 Å². The molecule has 0 spiro atoms. The van der Waals surface area contributed by atoms with Gasteiger partial charge < -0.3 is 0 Å². The summed E-state index contributed by atoms with van der Waals surface area (Å²) in [5, 5.41) is 0.681. The van der Waals surface area contributed by atoms with Crippen molar-refractivity contribution >= 4 is 21.6 Å². The van der Waals surface area contributed by atoms with E-state index in [4.69, 9.17) is 11.6 Å². The minimum absolute atomic E-state index is 0.0131. The maximum atomic E-state index is 13.2. The fraction of sp³-hybridized carbons (Fsp3) is 0.217. The Labute approximate surface area is 181 Å². The third-order valence-corrected chi connectivity index (χ3v) is 7.56. The highest BCUT2D eigenvalue weighted by Gasteiger charge is 2.32. The molecule has 1 aliphatic rings. The van der Waals surface area contributed by atoms with Crippen LogP contribution >= 0.6 is 11.6 Å². The van der Waals surface area contributed by atoms with E-state index in [1.165, 1.54) is 28.6 Å². The number of sulfonamides is 1. The van der Waals surface area contributed by atoms with Gasteiger partial charge in [-0.15, -0.1) is 0 Å². The zero-order valence-electron chi connectivity index (χ0n) is 16.3. The van der Waals surface area contributed by atoms with Crippen LogP contribution in [-0.2, 0) is 10.0 Å². The molecule has 4 nitrogen and oxygen atoms in total. The normalized spacial score (nSPS) is 17.0. The van der Waals surface area contributed by atoms with Gasteiger partial charge in [-0.25, -0.2) is 12.8 Å². The fourth-order valence-electron chi connectivity index (χ4n) is 3.85. The van der Waals surface area contributed by atoms with E-state index >= 15 is 0 Å². The van der Waals surface area contributed by atoms with Gasteiger partial charge in [0.15, 0.2) is 0 Å². The predicted octanol–water partition coefficient (Wildman–Crippen LogP) is 4.58. The van der Waals surface area contributed by atoms with Gasteiger partial charge in [-0.3, -0.25) is 4.90 Å². The molecule has 1 atom stereocenters. The Hall–Kier alpha value is -2.25. The van der Waals surface area contributed by atoms with Gasteiger partial charge in [-0.1, -0.05) is 54.1 Å². The van der Waals surface area contributed by atoms with Crippen molar-refractivity contribution in [3.8, 4) is 0 Å². The summed E-state index contributed by atoms with van der Waals surface area (Å²) in [5.41, 5.74) is 2.26. The smallest absolute Gasteiger partial charge is 0.243 e. The van der Waals surface area contributed by atoms with Crippen LogP contribution in [0.2, 0.25) is 5.02 Å². The van der Waals surface area contributed by atoms with Gasteiger partial charge in [0.05, 0.1) is 10.9 Å². The lowest BCUT2D eigenvalue weighted by molar-refractivity contribution is 0.156. The summed E-state index contributed by atoms with van der Waals surface area (Å²) >= 11 is 6.07. The molecule has 0 aromatic heterocycles. The lowest BCUT2D eigenvalue weighted by Gasteiger charge is -2.39. The van der Waals surface area contributed by atoms with Crippen LogP contribution in [-0.4, -0.2) is 43.8 Å². The first-order valence-electron chi connectivity index (χ1n) is 9.75. The maximum absolute atomic E-state index is 13.2. The SMILES string of the molecule is O=S(=O)(c1ccc(F)cc1)N1CCN(C(c2ccccc2)c2ccc(Cl)cc2)CC1. The number of benzene rings is 3. The highest BCUT2D eigenvalue weighted by Crippen LogP contribution is 2.31. The average molecular weight is 445 g/mol. The van der Waals surface area contributed by atoms with Gasteiger partial charge >= 0.3 is 0 Å². The minimum Gasteiger partial charge on any atom is -0.290 e. The van der Waals surface area contributed by atoms with E-state index in [1.807, 2.05) is 42.5 Å². The van der Waals surface area contributed by atoms with Gasteiger partial charge in [0.1, 0.15) is 5.82 Å². The zero-order valence-corrected chi connectivity index (χ0v) is 17.9. The van der Waals surface area contributed by atoms with Crippen molar-refractivity contribution in [2.24, 2.45) is 0 Å². The molecule has 3 aromatic rings. The molecule has 1 saturated heterocycles. The van der Waals surface area contributed by atoms with E-state index in [0.717, 1.165) is 11.1 Å². The van der Waals surface area contributed by atoms with Crippen molar-refractivity contribution in [3.05, 3.63) is 101 Å². The average Bonchev–Trinajstić information content (AvgIpc) is 2.77. The molecule has 3 aromatic carbocycles. The fourth-order valence-corrected chi connectivity index (χ4v) is 5.40. The van der Waals surface area contributed by atoms with Crippen molar-refractivity contribution in [1.29, 1.82) is 0 Å². The maximum Gasteiger partial charge on any atom is 0.243 e. The van der Waals surface area contributed by atoms with E-state index in [-0.39, 0.29) is 10.9 Å². The van der Waals surface area contributed by atoms with E-state index in [2.05, 4.69) is 17.0 Å². The Bertz CT molecular complexity index is 1080. The van der Waals surface area contributed by atoms with Crippen molar-refractivity contribution in [1.82, 2.24) is 9.21 Å². The van der Waals surface area contributed by atoms with Crippen LogP contribution in [0.1, 0.15) is 17.2 Å². The molecule has 1 aliphatic heterocycles. The monoisotopic (exact) mass is 444 g/mol. The molecule has 0 amide bonds. The molecule has 0 radical (unpaired) electrons. The van der Waals surface area contributed by atoms with Crippen LogP contribution in [0.15, 0.2) is 83.8 Å². The van der Waals surface area contributed by atoms with Gasteiger partial charge in [-0.2, -0.15) is 4.31 Å². The van der Waals surface area contributed by atoms with Crippen molar-refractivity contribution < 1.29 is 12.8 Å². The first-order valence-corrected chi connectivity index (χ1v) is 11.6. The molecule has 1 unspecified atom stereocenters. The quantitative estimate of drug-likeness (QED) is 0.578. The highest BCUT2D eigenvalue weighted by atomic mass is 35.5. The Kier molecular flexibility index (Phi) is 6.20. The summed E-state index contributed by atoms with van der Waals surface area (Å²) in [6.07, 6.45) is 0. The van der Waals surface area contributed by atoms with E-state index in [9.17, 15) is 12.8 Å². The first kappa shape index (κ1) is 21.0. The molecule has 156 valence electrons. The molecule has 0 N–H and O–H groups in total. The Morgan fingerprint density at radius 3 is 1.93 bits per heavy atom. The molecule has 7 heteroatoms. The van der Waals surface area contributed by atoms with E-state index in [1.54, 1.807) is 0 Å². The molecule has 30 heavy (non-hydrogen) atoms. The molecule has 0 saturated carbocycles. The molecule has 0 bridgehead atoms. The second-order valence-electron chi connectivity index (χ2n) is 7.26. The third kappa shape index (κ3) is 4.42. The van der Waals surface area contributed by atoms with E-state index in [0.29, 0.717) is 31.2 Å². The number of hydrogen-bond acceptors (Lipinski definition) is 3. The van der Waals surface area contributed by atoms with Crippen LogP contribution in [0, 0.1) is 5.82 Å². The Morgan fingerprint density at radius 2 is 1.33 bits per heavy atom. The van der Waals surface area contributed by atoms with Crippen LogP contribution in [0.4, 0.5) is 4.39 Å². The molecular weight excluding hydrogens is 423 g/mol. The van der Waals surface area contributed by atoms with Crippen LogP contribution < -0.4 is 0 Å². The first-order chi connectivity index (χ1) is 14.4. The molecular formula is C23H22ClFN2O2S. The molecule has 4 rings (SSSR count). The second kappa shape index (κ2) is 8.86. The van der Waals surface area contributed by atoms with Crippen LogP contribution in [0.5, 0.6) is 0 Å². The number of hydrogen-bond donors (Lipinski definition) is 0. The van der Waals surface area contributed by atoms with Gasteiger partial charge in [0, 0.05) is 31.2 Å². The van der Waals surface area contributed by atoms with E-state index < -0.39 is 15.8 Å². The van der Waals surface area contributed by atoms with Gasteiger partial charge in [-0.05, 0) is 47.5 Å². The Morgan fingerprint density at radius 1 is 0.767 bits per heavy atom. The van der Waals surface area contributed by atoms with Crippen molar-refractivity contribution in [2.75, 3.05) is 26.2 Å². The summed E-state index contributed by atoms with van der Waals surface area (Å²) in [5.74, 6) is -0.451. The summed E-state index contributed by atoms with van der Waals surface area (Å²) in [6, 6.07) is 22.9. The van der Waals surface area contributed by atoms with Crippen LogP contribution in [0.25, 0.3) is 0 Å². The molecule has 1 fully saturated rings. The predicted molar refractivity (Wildman–Crippen MR) is 116 cm³/mol. The third-order valence-electron chi connectivity index (χ3n) is 5.39. The summed E-state index contributed by atoms with van der Waals surface area (Å²) in [4.78, 5) is 2.41. The van der Waals surface area contributed by atoms with Gasteiger partial charge in [0.25, 0.3) is 0 Å². The molecule has 1 heterocycles. The lowest BCUT2D eigenvalue weighted by atomic mass is 9.96. The largest absolute Gasteiger partial charge is 0.290 e. The van der Waals surface area contributed by atoms with Gasteiger partial charge in [0.2, 0.25) is 10.0 Å². The Balaban J connectivity index is 1.56. The minimum atomic E-state index is -3.64. The summed E-state index contributed by atoms with van der Waals surface area (Å²) in [7, 11) is -3.64.